The largest absolute Gasteiger partial charge is 0.409 e. The van der Waals surface area contributed by atoms with Crippen molar-refractivity contribution in [2.45, 2.75) is 50.5 Å². The number of fused-ring (bicyclic) bond motifs is 1. The number of benzene rings is 2. The first-order valence-corrected chi connectivity index (χ1v) is 15.6. The SMILES string of the molecule is CN1Cc2ccccc2C(C2CCCC2)(C2CCN(CC3CN(c4ccc(OSN(C)C)cc4)C3)CC2)C1. The maximum absolute atomic E-state index is 5.71. The highest BCUT2D eigenvalue weighted by atomic mass is 32.2. The molecule has 1 unspecified atom stereocenters. The minimum atomic E-state index is 0.361. The molecule has 0 bridgehead atoms. The van der Waals surface area contributed by atoms with Crippen molar-refractivity contribution in [1.82, 2.24) is 14.1 Å². The minimum absolute atomic E-state index is 0.361. The number of anilines is 1. The molecule has 2 aromatic carbocycles. The topological polar surface area (TPSA) is 22.2 Å². The Morgan fingerprint density at radius 1 is 0.921 bits per heavy atom. The molecule has 2 saturated heterocycles. The molecule has 0 amide bonds. The number of nitrogens with zero attached hydrogens (tertiary/aromatic N) is 4. The zero-order valence-corrected chi connectivity index (χ0v) is 24.5. The fourth-order valence-corrected chi connectivity index (χ4v) is 8.53. The number of rotatable bonds is 8. The third-order valence-electron chi connectivity index (χ3n) is 9.85. The van der Waals surface area contributed by atoms with Gasteiger partial charge in [0.2, 0.25) is 0 Å². The third-order valence-corrected chi connectivity index (χ3v) is 10.4. The van der Waals surface area contributed by atoms with Gasteiger partial charge < -0.3 is 18.9 Å². The fraction of sp³-hybridized carbons (Fsp3) is 0.625. The number of hydrogen-bond donors (Lipinski definition) is 0. The Morgan fingerprint density at radius 3 is 2.32 bits per heavy atom. The van der Waals surface area contributed by atoms with E-state index in [0.29, 0.717) is 5.41 Å². The molecule has 1 saturated carbocycles. The molecule has 1 aliphatic carbocycles. The number of likely N-dealkylation sites (tertiary alicyclic amines) is 1. The van der Waals surface area contributed by atoms with Crippen LogP contribution in [0, 0.1) is 17.8 Å². The average molecular weight is 535 g/mol. The summed E-state index contributed by atoms with van der Waals surface area (Å²) in [5.41, 5.74) is 5.00. The average Bonchev–Trinajstić information content (AvgIpc) is 3.45. The Kier molecular flexibility index (Phi) is 7.95. The molecule has 3 aliphatic heterocycles. The van der Waals surface area contributed by atoms with Crippen LogP contribution in [0.4, 0.5) is 5.69 Å². The minimum Gasteiger partial charge on any atom is -0.409 e. The van der Waals surface area contributed by atoms with Crippen LogP contribution in [-0.2, 0) is 12.0 Å². The first kappa shape index (κ1) is 26.5. The van der Waals surface area contributed by atoms with Gasteiger partial charge in [-0.3, -0.25) is 0 Å². The molecule has 206 valence electrons. The highest BCUT2D eigenvalue weighted by Gasteiger charge is 2.51. The van der Waals surface area contributed by atoms with Crippen LogP contribution in [0.3, 0.4) is 0 Å². The molecule has 38 heavy (non-hydrogen) atoms. The fourth-order valence-electron chi connectivity index (χ4n) is 8.19. The summed E-state index contributed by atoms with van der Waals surface area (Å²) in [5.74, 6) is 3.38. The second-order valence-electron chi connectivity index (χ2n) is 12.7. The summed E-state index contributed by atoms with van der Waals surface area (Å²) in [4.78, 5) is 7.94. The van der Waals surface area contributed by atoms with Gasteiger partial charge in [0.25, 0.3) is 0 Å². The molecule has 4 aliphatic rings. The molecule has 3 fully saturated rings. The summed E-state index contributed by atoms with van der Waals surface area (Å²) >= 11 is 1.36. The van der Waals surface area contributed by atoms with Crippen molar-refractivity contribution in [1.29, 1.82) is 0 Å². The molecule has 5 nitrogen and oxygen atoms in total. The molecule has 6 heteroatoms. The van der Waals surface area contributed by atoms with Crippen LogP contribution < -0.4 is 9.08 Å². The second-order valence-corrected chi connectivity index (χ2v) is 13.7. The van der Waals surface area contributed by atoms with Crippen LogP contribution in [0.2, 0.25) is 0 Å². The molecule has 0 radical (unpaired) electrons. The lowest BCUT2D eigenvalue weighted by Crippen LogP contribution is -2.56. The van der Waals surface area contributed by atoms with E-state index in [-0.39, 0.29) is 0 Å². The van der Waals surface area contributed by atoms with Gasteiger partial charge in [-0.2, -0.15) is 0 Å². The predicted octanol–water partition coefficient (Wildman–Crippen LogP) is 5.91. The lowest BCUT2D eigenvalue weighted by molar-refractivity contribution is 0.0420. The zero-order valence-electron chi connectivity index (χ0n) is 23.6. The summed E-state index contributed by atoms with van der Waals surface area (Å²) in [7, 11) is 6.34. The number of piperidine rings is 1. The lowest BCUT2D eigenvalue weighted by Gasteiger charge is -2.54. The Hall–Kier alpha value is -1.73. The molecule has 0 spiro atoms. The van der Waals surface area contributed by atoms with Gasteiger partial charge in [0.15, 0.2) is 0 Å². The standard InChI is InChI=1S/C32H46N4OS/c1-33(2)38-37-30-14-12-29(13-15-30)36-21-25(22-36)20-35-18-16-28(17-19-35)32(27-9-5-6-10-27)24-34(3)23-26-8-4-7-11-31(26)32/h4,7-8,11-15,25,27-28H,5-6,9-10,16-24H2,1-3H3. The molecule has 3 heterocycles. The van der Waals surface area contributed by atoms with E-state index in [9.17, 15) is 0 Å². The maximum Gasteiger partial charge on any atom is 0.146 e. The highest BCUT2D eigenvalue weighted by molar-refractivity contribution is 7.92. The van der Waals surface area contributed by atoms with Crippen LogP contribution in [0.5, 0.6) is 5.75 Å². The smallest absolute Gasteiger partial charge is 0.146 e. The number of hydrogen-bond acceptors (Lipinski definition) is 6. The zero-order chi connectivity index (χ0) is 26.1. The van der Waals surface area contributed by atoms with Gasteiger partial charge in [-0.05, 0) is 93.0 Å². The van der Waals surface area contributed by atoms with Crippen LogP contribution in [0.25, 0.3) is 0 Å². The Bertz CT molecular complexity index is 1060. The van der Waals surface area contributed by atoms with Crippen LogP contribution in [0.15, 0.2) is 48.5 Å². The summed E-state index contributed by atoms with van der Waals surface area (Å²) in [5, 5.41) is 0. The van der Waals surface area contributed by atoms with E-state index in [1.807, 2.05) is 18.4 Å². The third kappa shape index (κ3) is 5.34. The van der Waals surface area contributed by atoms with E-state index in [1.165, 1.54) is 95.7 Å². The summed E-state index contributed by atoms with van der Waals surface area (Å²) in [6.45, 7) is 8.54. The predicted molar refractivity (Wildman–Crippen MR) is 160 cm³/mol. The van der Waals surface area contributed by atoms with Crippen molar-refractivity contribution in [3.05, 3.63) is 59.7 Å². The molecular weight excluding hydrogens is 488 g/mol. The van der Waals surface area contributed by atoms with E-state index in [4.69, 9.17) is 4.18 Å². The van der Waals surface area contributed by atoms with Crippen LogP contribution >= 0.6 is 12.2 Å². The van der Waals surface area contributed by atoms with Crippen molar-refractivity contribution < 1.29 is 4.18 Å². The Labute approximate surface area is 234 Å². The quantitative estimate of drug-likeness (QED) is 0.308. The van der Waals surface area contributed by atoms with Crippen LogP contribution in [-0.4, -0.2) is 74.5 Å². The molecule has 1 atom stereocenters. The van der Waals surface area contributed by atoms with Crippen molar-refractivity contribution in [3.8, 4) is 5.75 Å². The van der Waals surface area contributed by atoms with Gasteiger partial charge in [0, 0.05) is 63.8 Å². The Balaban J connectivity index is 1.05. The highest BCUT2D eigenvalue weighted by Crippen LogP contribution is 2.53. The van der Waals surface area contributed by atoms with Crippen LogP contribution in [0.1, 0.15) is 49.7 Å². The van der Waals surface area contributed by atoms with E-state index in [1.54, 1.807) is 11.1 Å². The van der Waals surface area contributed by atoms with Gasteiger partial charge in [-0.1, -0.05) is 37.1 Å². The monoisotopic (exact) mass is 534 g/mol. The summed E-state index contributed by atoms with van der Waals surface area (Å²) in [6.07, 6.45) is 8.45. The summed E-state index contributed by atoms with van der Waals surface area (Å²) < 4.78 is 7.66. The second kappa shape index (κ2) is 11.4. The normalized spacial score (nSPS) is 26.1. The first-order valence-electron chi connectivity index (χ1n) is 14.9. The molecule has 2 aromatic rings. The van der Waals surface area contributed by atoms with Crippen molar-refractivity contribution in [2.24, 2.45) is 17.8 Å². The van der Waals surface area contributed by atoms with E-state index < -0.39 is 0 Å². The van der Waals surface area contributed by atoms with Gasteiger partial charge in [0.1, 0.15) is 18.0 Å². The lowest BCUT2D eigenvalue weighted by atomic mass is 9.57. The number of likely N-dealkylation sites (N-methyl/N-ethyl adjacent to an activating group) is 1. The van der Waals surface area contributed by atoms with Crippen molar-refractivity contribution >= 4 is 17.9 Å². The van der Waals surface area contributed by atoms with Gasteiger partial charge in [-0.25, -0.2) is 4.31 Å². The van der Waals surface area contributed by atoms with Gasteiger partial charge >= 0.3 is 0 Å². The molecule has 0 aromatic heterocycles. The summed E-state index contributed by atoms with van der Waals surface area (Å²) in [6, 6.07) is 18.1. The molecule has 0 N–H and O–H groups in total. The van der Waals surface area contributed by atoms with Crippen molar-refractivity contribution in [2.75, 3.05) is 65.3 Å². The van der Waals surface area contributed by atoms with E-state index in [0.717, 1.165) is 30.0 Å². The van der Waals surface area contributed by atoms with E-state index in [2.05, 4.69) is 70.3 Å². The van der Waals surface area contributed by atoms with Gasteiger partial charge in [-0.15, -0.1) is 0 Å². The maximum atomic E-state index is 5.71. The first-order chi connectivity index (χ1) is 18.5. The molecule has 6 rings (SSSR count). The van der Waals surface area contributed by atoms with Crippen molar-refractivity contribution in [3.63, 3.8) is 0 Å². The molecular formula is C32H46N4OS. The Morgan fingerprint density at radius 2 is 1.61 bits per heavy atom. The van der Waals surface area contributed by atoms with Gasteiger partial charge in [0.05, 0.1) is 0 Å². The van der Waals surface area contributed by atoms with E-state index >= 15 is 0 Å².